The highest BCUT2D eigenvalue weighted by molar-refractivity contribution is 5.38. The Kier molecular flexibility index (Phi) is 4.40. The van der Waals surface area contributed by atoms with E-state index in [0.29, 0.717) is 0 Å². The highest BCUT2D eigenvalue weighted by Crippen LogP contribution is 2.10. The van der Waals surface area contributed by atoms with Gasteiger partial charge in [0.15, 0.2) is 0 Å². The van der Waals surface area contributed by atoms with Crippen molar-refractivity contribution in [1.29, 1.82) is 0 Å². The largest absolute Gasteiger partial charge is 0.370 e. The minimum absolute atomic E-state index is 0.882. The molecule has 0 radical (unpaired) electrons. The Balaban J connectivity index is 2.68. The Bertz CT molecular complexity index is 284. The van der Waals surface area contributed by atoms with E-state index >= 15 is 0 Å². The molecule has 0 saturated heterocycles. The predicted molar refractivity (Wildman–Crippen MR) is 60.5 cm³/mol. The molecule has 0 aliphatic carbocycles. The van der Waals surface area contributed by atoms with Crippen molar-refractivity contribution in [1.82, 2.24) is 10.3 Å². The molecule has 0 aromatic carbocycles. The van der Waals surface area contributed by atoms with Gasteiger partial charge in [-0.1, -0.05) is 13.0 Å². The molecule has 0 unspecified atom stereocenters. The van der Waals surface area contributed by atoms with E-state index in [1.807, 2.05) is 20.0 Å². The number of pyridine rings is 1. The van der Waals surface area contributed by atoms with Gasteiger partial charge in [0, 0.05) is 18.8 Å². The van der Waals surface area contributed by atoms with Crippen LogP contribution in [0.2, 0.25) is 0 Å². The second kappa shape index (κ2) is 5.60. The van der Waals surface area contributed by atoms with Gasteiger partial charge < -0.3 is 10.6 Å². The van der Waals surface area contributed by atoms with Crippen molar-refractivity contribution >= 4 is 5.82 Å². The van der Waals surface area contributed by atoms with E-state index in [1.165, 1.54) is 5.56 Å². The Labute approximate surface area is 85.9 Å². The van der Waals surface area contributed by atoms with Crippen LogP contribution in [0.1, 0.15) is 24.6 Å². The quantitative estimate of drug-likeness (QED) is 0.750. The molecule has 0 bridgehead atoms. The molecule has 1 aromatic rings. The minimum atomic E-state index is 0.882. The van der Waals surface area contributed by atoms with E-state index in [0.717, 1.165) is 31.0 Å². The van der Waals surface area contributed by atoms with Gasteiger partial charge in [-0.05, 0) is 32.0 Å². The number of nitrogens with zero attached hydrogens (tertiary/aromatic N) is 1. The van der Waals surface area contributed by atoms with Gasteiger partial charge in [0.05, 0.1) is 0 Å². The van der Waals surface area contributed by atoms with Crippen LogP contribution < -0.4 is 10.6 Å². The Morgan fingerprint density at radius 3 is 2.71 bits per heavy atom. The monoisotopic (exact) mass is 193 g/mol. The van der Waals surface area contributed by atoms with Gasteiger partial charge >= 0.3 is 0 Å². The third kappa shape index (κ3) is 3.00. The number of hydrogen-bond acceptors (Lipinski definition) is 3. The summed E-state index contributed by atoms with van der Waals surface area (Å²) in [7, 11) is 1.95. The summed E-state index contributed by atoms with van der Waals surface area (Å²) in [4.78, 5) is 4.48. The first-order valence-corrected chi connectivity index (χ1v) is 5.13. The topological polar surface area (TPSA) is 37.0 Å². The fraction of sp³-hybridized carbons (Fsp3) is 0.545. The normalized spacial score (nSPS) is 10.2. The van der Waals surface area contributed by atoms with Crippen molar-refractivity contribution in [3.8, 4) is 0 Å². The third-order valence-corrected chi connectivity index (χ3v) is 2.12. The van der Waals surface area contributed by atoms with Crippen molar-refractivity contribution in [3.05, 3.63) is 23.4 Å². The molecule has 0 spiro atoms. The van der Waals surface area contributed by atoms with Gasteiger partial charge in [0.2, 0.25) is 0 Å². The summed E-state index contributed by atoms with van der Waals surface area (Å²) in [5.74, 6) is 0.976. The molecular formula is C11H19N3. The molecule has 0 amide bonds. The molecule has 3 heteroatoms. The van der Waals surface area contributed by atoms with E-state index in [4.69, 9.17) is 0 Å². The molecule has 2 N–H and O–H groups in total. The van der Waals surface area contributed by atoms with Crippen LogP contribution in [-0.4, -0.2) is 18.6 Å². The maximum absolute atomic E-state index is 4.48. The fourth-order valence-corrected chi connectivity index (χ4v) is 1.32. The summed E-state index contributed by atoms with van der Waals surface area (Å²) in [5.41, 5.74) is 2.36. The van der Waals surface area contributed by atoms with Crippen LogP contribution in [0.4, 0.5) is 5.82 Å². The Morgan fingerprint density at radius 2 is 2.14 bits per heavy atom. The van der Waals surface area contributed by atoms with Gasteiger partial charge in [-0.15, -0.1) is 0 Å². The van der Waals surface area contributed by atoms with E-state index in [1.54, 1.807) is 0 Å². The second-order valence-corrected chi connectivity index (χ2v) is 3.40. The second-order valence-electron chi connectivity index (χ2n) is 3.40. The summed E-state index contributed by atoms with van der Waals surface area (Å²) < 4.78 is 0. The van der Waals surface area contributed by atoms with E-state index in [-0.39, 0.29) is 0 Å². The molecule has 14 heavy (non-hydrogen) atoms. The first-order chi connectivity index (χ1) is 6.77. The van der Waals surface area contributed by atoms with Crippen LogP contribution in [0.25, 0.3) is 0 Å². The van der Waals surface area contributed by atoms with Gasteiger partial charge in [0.25, 0.3) is 0 Å². The van der Waals surface area contributed by atoms with Gasteiger partial charge in [0.1, 0.15) is 5.82 Å². The molecule has 78 valence electrons. The van der Waals surface area contributed by atoms with Crippen molar-refractivity contribution in [3.63, 3.8) is 0 Å². The molecule has 0 aliphatic rings. The molecule has 1 aromatic heterocycles. The fourth-order valence-electron chi connectivity index (χ4n) is 1.32. The highest BCUT2D eigenvalue weighted by Gasteiger charge is 1.99. The summed E-state index contributed by atoms with van der Waals surface area (Å²) in [5, 5.41) is 6.40. The lowest BCUT2D eigenvalue weighted by molar-refractivity contribution is 0.804. The predicted octanol–water partition coefficient (Wildman–Crippen LogP) is 1.93. The highest BCUT2D eigenvalue weighted by atomic mass is 15.0. The number of aromatic nitrogens is 1. The van der Waals surface area contributed by atoms with Crippen LogP contribution in [-0.2, 0) is 6.54 Å². The first kappa shape index (κ1) is 11.0. The van der Waals surface area contributed by atoms with Crippen LogP contribution in [0.15, 0.2) is 12.1 Å². The number of hydrogen-bond donors (Lipinski definition) is 2. The molecule has 0 fully saturated rings. The maximum atomic E-state index is 4.48. The van der Waals surface area contributed by atoms with E-state index in [2.05, 4.69) is 28.6 Å². The molecule has 1 rings (SSSR count). The van der Waals surface area contributed by atoms with Crippen molar-refractivity contribution in [2.75, 3.05) is 18.9 Å². The average Bonchev–Trinajstić information content (AvgIpc) is 2.19. The van der Waals surface area contributed by atoms with Gasteiger partial charge in [-0.3, -0.25) is 0 Å². The lowest BCUT2D eigenvalue weighted by atomic mass is 10.2. The number of anilines is 1. The smallest absolute Gasteiger partial charge is 0.126 e. The summed E-state index contributed by atoms with van der Waals surface area (Å²) in [6.07, 6.45) is 1.12. The summed E-state index contributed by atoms with van der Waals surface area (Å²) in [6, 6.07) is 4.16. The van der Waals surface area contributed by atoms with E-state index < -0.39 is 0 Å². The number of nitrogens with one attached hydrogen (secondary N) is 2. The van der Waals surface area contributed by atoms with Gasteiger partial charge in [-0.25, -0.2) is 4.98 Å². The van der Waals surface area contributed by atoms with Crippen molar-refractivity contribution in [2.45, 2.75) is 26.8 Å². The first-order valence-electron chi connectivity index (χ1n) is 5.13. The van der Waals surface area contributed by atoms with Crippen LogP contribution in [0, 0.1) is 6.92 Å². The maximum Gasteiger partial charge on any atom is 0.126 e. The SMILES string of the molecule is CCCNc1ccc(CNC)c(C)n1. The molecular weight excluding hydrogens is 174 g/mol. The van der Waals surface area contributed by atoms with Gasteiger partial charge in [-0.2, -0.15) is 0 Å². The lowest BCUT2D eigenvalue weighted by Crippen LogP contribution is -2.09. The molecule has 0 atom stereocenters. The molecule has 1 heterocycles. The zero-order valence-corrected chi connectivity index (χ0v) is 9.22. The average molecular weight is 193 g/mol. The van der Waals surface area contributed by atoms with Crippen LogP contribution >= 0.6 is 0 Å². The zero-order valence-electron chi connectivity index (χ0n) is 9.22. The van der Waals surface area contributed by atoms with Crippen molar-refractivity contribution in [2.24, 2.45) is 0 Å². The summed E-state index contributed by atoms with van der Waals surface area (Å²) in [6.45, 7) is 6.06. The van der Waals surface area contributed by atoms with Crippen LogP contribution in [0.5, 0.6) is 0 Å². The van der Waals surface area contributed by atoms with E-state index in [9.17, 15) is 0 Å². The molecule has 0 aliphatic heterocycles. The molecule has 0 saturated carbocycles. The number of aryl methyl sites for hydroxylation is 1. The summed E-state index contributed by atoms with van der Waals surface area (Å²) >= 11 is 0. The standard InChI is InChI=1S/C11H19N3/c1-4-7-13-11-6-5-10(8-12-3)9(2)14-11/h5-6,12H,4,7-8H2,1-3H3,(H,13,14). The van der Waals surface area contributed by atoms with Crippen molar-refractivity contribution < 1.29 is 0 Å². The van der Waals surface area contributed by atoms with Crippen LogP contribution in [0.3, 0.4) is 0 Å². The Hall–Kier alpha value is -1.09. The third-order valence-electron chi connectivity index (χ3n) is 2.12. The minimum Gasteiger partial charge on any atom is -0.370 e. The Morgan fingerprint density at radius 1 is 1.36 bits per heavy atom. The number of rotatable bonds is 5. The lowest BCUT2D eigenvalue weighted by Gasteiger charge is -2.08. The molecule has 3 nitrogen and oxygen atoms in total. The zero-order chi connectivity index (χ0) is 10.4.